The molecule has 0 fully saturated rings. The van der Waals surface area contributed by atoms with Crippen LogP contribution in [0.25, 0.3) is 0 Å². The second-order valence-corrected chi connectivity index (χ2v) is 6.29. The summed E-state index contributed by atoms with van der Waals surface area (Å²) in [7, 11) is -3.52. The van der Waals surface area contributed by atoms with Gasteiger partial charge < -0.3 is 0 Å². The lowest BCUT2D eigenvalue weighted by atomic mass is 10.2. The van der Waals surface area contributed by atoms with Gasteiger partial charge in [0.05, 0.1) is 17.4 Å². The molecule has 0 atom stereocenters. The molecule has 0 saturated carbocycles. The van der Waals surface area contributed by atoms with Gasteiger partial charge in [0, 0.05) is 11.5 Å². The zero-order valence-electron chi connectivity index (χ0n) is 9.99. The molecule has 98 valence electrons. The van der Waals surface area contributed by atoms with Crippen LogP contribution in [-0.2, 0) is 15.8 Å². The maximum absolute atomic E-state index is 11.9. The van der Waals surface area contributed by atoms with E-state index in [2.05, 4.69) is 14.1 Å². The van der Waals surface area contributed by atoms with Crippen LogP contribution in [0.1, 0.15) is 17.0 Å². The Morgan fingerprint density at radius 2 is 2.05 bits per heavy atom. The van der Waals surface area contributed by atoms with Crippen LogP contribution >= 0.6 is 11.5 Å². The fourth-order valence-corrected chi connectivity index (χ4v) is 3.38. The monoisotopic (exact) mass is 294 g/mol. The van der Waals surface area contributed by atoms with Crippen molar-refractivity contribution in [3.05, 3.63) is 41.2 Å². The Kier molecular flexibility index (Phi) is 3.78. The van der Waals surface area contributed by atoms with E-state index in [1.807, 2.05) is 6.07 Å². The minimum Gasteiger partial charge on any atom is -0.257 e. The van der Waals surface area contributed by atoms with Gasteiger partial charge in [-0.2, -0.15) is 9.64 Å². The fraction of sp³-hybridized carbons (Fsp3) is 0.182. The minimum atomic E-state index is -3.52. The number of rotatable bonds is 4. The van der Waals surface area contributed by atoms with Crippen LogP contribution in [0.3, 0.4) is 0 Å². The topological polar surface area (TPSA) is 95.7 Å². The number of nitriles is 1. The Labute approximate surface area is 115 Å². The number of aromatic nitrogens is 2. The molecule has 1 N–H and O–H groups in total. The van der Waals surface area contributed by atoms with Gasteiger partial charge in [0.15, 0.2) is 0 Å². The van der Waals surface area contributed by atoms with Crippen molar-refractivity contribution in [2.45, 2.75) is 12.7 Å². The lowest BCUT2D eigenvalue weighted by Crippen LogP contribution is -2.14. The number of nitrogens with one attached hydrogen (secondary N) is 1. The first-order valence-corrected chi connectivity index (χ1v) is 7.71. The fourth-order valence-electron chi connectivity index (χ4n) is 1.40. The van der Waals surface area contributed by atoms with Gasteiger partial charge in [-0.1, -0.05) is 12.1 Å². The Morgan fingerprint density at radius 1 is 1.37 bits per heavy atom. The first-order valence-electron chi connectivity index (χ1n) is 5.28. The lowest BCUT2D eigenvalue weighted by Gasteiger charge is -2.04. The number of aryl methyl sites for hydroxylation is 1. The average Bonchev–Trinajstić information content (AvgIpc) is 2.74. The third-order valence-electron chi connectivity index (χ3n) is 2.21. The number of anilines is 1. The Hall–Kier alpha value is -1.98. The summed E-state index contributed by atoms with van der Waals surface area (Å²) in [6, 6.07) is 8.37. The van der Waals surface area contributed by atoms with Gasteiger partial charge in [-0.25, -0.2) is 13.4 Å². The van der Waals surface area contributed by atoms with Crippen LogP contribution in [0.15, 0.2) is 24.3 Å². The number of sulfonamides is 1. The summed E-state index contributed by atoms with van der Waals surface area (Å²) in [4.78, 5) is 3.94. The van der Waals surface area contributed by atoms with E-state index < -0.39 is 10.0 Å². The van der Waals surface area contributed by atoms with Crippen LogP contribution < -0.4 is 4.72 Å². The van der Waals surface area contributed by atoms with Gasteiger partial charge in [0.1, 0.15) is 5.82 Å². The molecule has 1 aromatic heterocycles. The molecule has 0 spiro atoms. The van der Waals surface area contributed by atoms with Crippen molar-refractivity contribution in [3.63, 3.8) is 0 Å². The minimum absolute atomic E-state index is 0.169. The second-order valence-electron chi connectivity index (χ2n) is 3.82. The highest BCUT2D eigenvalue weighted by Crippen LogP contribution is 2.15. The predicted octanol–water partition coefficient (Wildman–Crippen LogP) is 1.66. The molecule has 0 aliphatic heterocycles. The normalized spacial score (nSPS) is 10.9. The zero-order valence-corrected chi connectivity index (χ0v) is 11.6. The molecule has 0 radical (unpaired) electrons. The summed E-state index contributed by atoms with van der Waals surface area (Å²) in [6.07, 6.45) is 0. The molecule has 0 aliphatic rings. The molecule has 1 heterocycles. The van der Waals surface area contributed by atoms with Crippen LogP contribution in [0.5, 0.6) is 0 Å². The van der Waals surface area contributed by atoms with Crippen molar-refractivity contribution in [1.82, 2.24) is 9.36 Å². The molecule has 0 amide bonds. The van der Waals surface area contributed by atoms with E-state index in [1.54, 1.807) is 31.2 Å². The molecule has 8 heteroatoms. The van der Waals surface area contributed by atoms with Crippen molar-refractivity contribution in [1.29, 1.82) is 5.26 Å². The average molecular weight is 294 g/mol. The van der Waals surface area contributed by atoms with E-state index in [-0.39, 0.29) is 10.9 Å². The highest BCUT2D eigenvalue weighted by atomic mass is 32.2. The van der Waals surface area contributed by atoms with E-state index in [4.69, 9.17) is 5.26 Å². The standard InChI is InChI=1S/C11H10N4O2S2/c1-8-13-11(18-14-8)15-19(16,17)7-10-4-2-9(6-12)3-5-10/h2-5H,7H2,1H3,(H,13,14,15). The van der Waals surface area contributed by atoms with Crippen molar-refractivity contribution in [2.24, 2.45) is 0 Å². The van der Waals surface area contributed by atoms with Gasteiger partial charge in [-0.15, -0.1) is 0 Å². The van der Waals surface area contributed by atoms with Crippen LogP contribution in [-0.4, -0.2) is 17.8 Å². The molecule has 0 bridgehead atoms. The molecule has 19 heavy (non-hydrogen) atoms. The van der Waals surface area contributed by atoms with Crippen molar-refractivity contribution >= 4 is 26.7 Å². The summed E-state index contributed by atoms with van der Waals surface area (Å²) in [5, 5.41) is 8.92. The summed E-state index contributed by atoms with van der Waals surface area (Å²) >= 11 is 0.999. The third-order valence-corrected chi connectivity index (χ3v) is 4.28. The smallest absolute Gasteiger partial charge is 0.238 e. The van der Waals surface area contributed by atoms with Crippen molar-refractivity contribution < 1.29 is 8.42 Å². The first-order chi connectivity index (χ1) is 8.98. The summed E-state index contributed by atoms with van der Waals surface area (Å²) in [6.45, 7) is 1.69. The molecule has 2 rings (SSSR count). The lowest BCUT2D eigenvalue weighted by molar-refractivity contribution is 0.600. The molecule has 0 unspecified atom stereocenters. The SMILES string of the molecule is Cc1nsc(NS(=O)(=O)Cc2ccc(C#N)cc2)n1. The number of hydrogen-bond donors (Lipinski definition) is 1. The first kappa shape index (κ1) is 13.5. The van der Waals surface area contributed by atoms with Crippen molar-refractivity contribution in [3.8, 4) is 6.07 Å². The predicted molar refractivity (Wildman–Crippen MR) is 72.0 cm³/mol. The Bertz CT molecular complexity index is 714. The molecule has 0 aliphatic carbocycles. The molecule has 6 nitrogen and oxygen atoms in total. The molecule has 1 aromatic carbocycles. The molecule has 2 aromatic rings. The number of nitrogens with zero attached hydrogens (tertiary/aromatic N) is 3. The largest absolute Gasteiger partial charge is 0.257 e. The van der Waals surface area contributed by atoms with Crippen molar-refractivity contribution in [2.75, 3.05) is 4.72 Å². The van der Waals surface area contributed by atoms with E-state index in [0.29, 0.717) is 17.0 Å². The van der Waals surface area contributed by atoms with Crippen LogP contribution in [0.4, 0.5) is 5.13 Å². The van der Waals surface area contributed by atoms with Gasteiger partial charge in [0.2, 0.25) is 15.2 Å². The Balaban J connectivity index is 2.10. The third kappa shape index (κ3) is 3.74. The Morgan fingerprint density at radius 3 is 2.58 bits per heavy atom. The van der Waals surface area contributed by atoms with Gasteiger partial charge >= 0.3 is 0 Å². The molecular formula is C11H10N4O2S2. The quantitative estimate of drug-likeness (QED) is 0.925. The summed E-state index contributed by atoms with van der Waals surface area (Å²) < 4.78 is 30.1. The maximum Gasteiger partial charge on any atom is 0.238 e. The summed E-state index contributed by atoms with van der Waals surface area (Å²) in [5.41, 5.74) is 1.10. The van der Waals surface area contributed by atoms with Gasteiger partial charge in [-0.3, -0.25) is 4.72 Å². The summed E-state index contributed by atoms with van der Waals surface area (Å²) in [5.74, 6) is 0.359. The van der Waals surface area contributed by atoms with Gasteiger partial charge in [0.25, 0.3) is 0 Å². The van der Waals surface area contributed by atoms with E-state index in [0.717, 1.165) is 11.5 Å². The second kappa shape index (κ2) is 5.34. The molecular weight excluding hydrogens is 284 g/mol. The van der Waals surface area contributed by atoms with E-state index >= 15 is 0 Å². The maximum atomic E-state index is 11.9. The van der Waals surface area contributed by atoms with E-state index in [1.165, 1.54) is 0 Å². The van der Waals surface area contributed by atoms with Crippen LogP contribution in [0.2, 0.25) is 0 Å². The zero-order chi connectivity index (χ0) is 13.9. The highest BCUT2D eigenvalue weighted by molar-refractivity contribution is 7.92. The van der Waals surface area contributed by atoms with Gasteiger partial charge in [-0.05, 0) is 24.6 Å². The molecule has 0 saturated heterocycles. The number of benzene rings is 1. The highest BCUT2D eigenvalue weighted by Gasteiger charge is 2.14. The van der Waals surface area contributed by atoms with Crippen LogP contribution in [0, 0.1) is 18.3 Å². The number of hydrogen-bond acceptors (Lipinski definition) is 6. The van der Waals surface area contributed by atoms with E-state index in [9.17, 15) is 8.42 Å².